The van der Waals surface area contributed by atoms with Crippen molar-refractivity contribution in [3.05, 3.63) is 0 Å². The predicted molar refractivity (Wildman–Crippen MR) is 116 cm³/mol. The summed E-state index contributed by atoms with van der Waals surface area (Å²) in [7, 11) is 2.12. The summed E-state index contributed by atoms with van der Waals surface area (Å²) in [5.74, 6) is 0. The topological polar surface area (TPSA) is 0 Å². The standard InChI is InChI=1S/C23H49Si/c1-2-3-4-5-6-7-8-9-10-11-12-13-14-15-16-17-18-19-20-21-22-23-24/h2-24H2,1H3. The highest BCUT2D eigenvalue weighted by Crippen LogP contribution is 2.15. The van der Waals surface area contributed by atoms with Crippen molar-refractivity contribution in [2.24, 2.45) is 0 Å². The molecule has 0 nitrogen and oxygen atoms in total. The van der Waals surface area contributed by atoms with Crippen LogP contribution in [-0.4, -0.2) is 10.2 Å². The van der Waals surface area contributed by atoms with Gasteiger partial charge in [0.1, 0.15) is 0 Å². The lowest BCUT2D eigenvalue weighted by Gasteiger charge is -2.04. The minimum atomic E-state index is 1.37. The van der Waals surface area contributed by atoms with Crippen molar-refractivity contribution in [2.45, 2.75) is 148 Å². The van der Waals surface area contributed by atoms with Crippen LogP contribution in [0, 0.1) is 0 Å². The van der Waals surface area contributed by atoms with E-state index in [1.807, 2.05) is 0 Å². The van der Waals surface area contributed by atoms with E-state index < -0.39 is 0 Å². The molecule has 145 valence electrons. The van der Waals surface area contributed by atoms with Gasteiger partial charge in [0.2, 0.25) is 0 Å². The Kier molecular flexibility index (Phi) is 23.4. The van der Waals surface area contributed by atoms with Gasteiger partial charge in [0.05, 0.1) is 0 Å². The summed E-state index contributed by atoms with van der Waals surface area (Å²) in [6.07, 6.45) is 31.1. The van der Waals surface area contributed by atoms with Crippen LogP contribution in [0.4, 0.5) is 0 Å². The molecule has 1 heteroatoms. The molecule has 0 aromatic rings. The van der Waals surface area contributed by atoms with E-state index >= 15 is 0 Å². The molecule has 0 aromatic heterocycles. The highest BCUT2D eigenvalue weighted by atomic mass is 28.1. The van der Waals surface area contributed by atoms with Gasteiger partial charge in [-0.2, -0.15) is 0 Å². The maximum absolute atomic E-state index is 2.30. The SMILES string of the molecule is CCCCCCCCCCCCCCCCCCCCCCC[SiH2]. The Morgan fingerprint density at radius 1 is 0.333 bits per heavy atom. The van der Waals surface area contributed by atoms with Crippen molar-refractivity contribution >= 4 is 10.2 Å². The summed E-state index contributed by atoms with van der Waals surface area (Å²) in [6, 6.07) is 1.40. The Labute approximate surface area is 158 Å². The van der Waals surface area contributed by atoms with Crippen LogP contribution in [0.1, 0.15) is 142 Å². The summed E-state index contributed by atoms with van der Waals surface area (Å²) >= 11 is 0. The molecule has 0 aliphatic carbocycles. The smallest absolute Gasteiger partial charge is 0.00797 e. The molecule has 24 heavy (non-hydrogen) atoms. The van der Waals surface area contributed by atoms with Gasteiger partial charge in [0.15, 0.2) is 0 Å². The molecule has 0 aliphatic rings. The van der Waals surface area contributed by atoms with Gasteiger partial charge in [-0.25, -0.2) is 0 Å². The number of hydrogen-bond acceptors (Lipinski definition) is 0. The second-order valence-corrected chi connectivity index (χ2v) is 8.63. The Hall–Kier alpha value is 0.217. The second kappa shape index (κ2) is 23.2. The summed E-state index contributed by atoms with van der Waals surface area (Å²) in [4.78, 5) is 0. The van der Waals surface area contributed by atoms with E-state index in [1.54, 1.807) is 0 Å². The van der Waals surface area contributed by atoms with Crippen molar-refractivity contribution in [2.75, 3.05) is 0 Å². The Balaban J connectivity index is 2.93. The zero-order valence-corrected chi connectivity index (χ0v) is 18.7. The van der Waals surface area contributed by atoms with Crippen molar-refractivity contribution in [1.82, 2.24) is 0 Å². The van der Waals surface area contributed by atoms with Gasteiger partial charge in [0.25, 0.3) is 0 Å². The summed E-state index contributed by atoms with van der Waals surface area (Å²) in [6.45, 7) is 2.30. The zero-order valence-electron chi connectivity index (χ0n) is 17.3. The van der Waals surface area contributed by atoms with Gasteiger partial charge in [-0.15, -0.1) is 0 Å². The van der Waals surface area contributed by atoms with E-state index in [-0.39, 0.29) is 0 Å². The van der Waals surface area contributed by atoms with Crippen LogP contribution in [0.3, 0.4) is 0 Å². The fraction of sp³-hybridized carbons (Fsp3) is 1.00. The van der Waals surface area contributed by atoms with Crippen LogP contribution in [-0.2, 0) is 0 Å². The second-order valence-electron chi connectivity index (χ2n) is 7.92. The van der Waals surface area contributed by atoms with E-state index in [0.717, 1.165) is 0 Å². The first kappa shape index (κ1) is 24.2. The van der Waals surface area contributed by atoms with E-state index in [4.69, 9.17) is 0 Å². The fourth-order valence-electron chi connectivity index (χ4n) is 3.61. The molecule has 1 radical (unpaired) electrons. The Bertz CT molecular complexity index is 180. The zero-order chi connectivity index (χ0) is 17.6. The molecular formula is C23H49Si. The predicted octanol–water partition coefficient (Wildman–Crippen LogP) is 8.25. The van der Waals surface area contributed by atoms with Crippen molar-refractivity contribution in [1.29, 1.82) is 0 Å². The Morgan fingerprint density at radius 3 is 0.750 bits per heavy atom. The lowest BCUT2D eigenvalue weighted by molar-refractivity contribution is 0.521. The molecule has 0 spiro atoms. The lowest BCUT2D eigenvalue weighted by Crippen LogP contribution is -1.84. The molecule has 0 aliphatic heterocycles. The highest BCUT2D eigenvalue weighted by Gasteiger charge is 1.95. The van der Waals surface area contributed by atoms with E-state index in [0.29, 0.717) is 0 Å². The Morgan fingerprint density at radius 2 is 0.542 bits per heavy atom. The molecule has 0 unspecified atom stereocenters. The number of hydrogen-bond donors (Lipinski definition) is 0. The third-order valence-corrected chi connectivity index (χ3v) is 5.85. The summed E-state index contributed by atoms with van der Waals surface area (Å²) < 4.78 is 0. The first-order chi connectivity index (χ1) is 11.9. The van der Waals surface area contributed by atoms with Crippen LogP contribution in [0.25, 0.3) is 0 Å². The van der Waals surface area contributed by atoms with Gasteiger partial charge in [-0.05, 0) is 0 Å². The average Bonchev–Trinajstić information content (AvgIpc) is 2.60. The summed E-state index contributed by atoms with van der Waals surface area (Å²) in [5.41, 5.74) is 0. The third-order valence-electron chi connectivity index (χ3n) is 5.35. The number of rotatable bonds is 21. The maximum atomic E-state index is 2.30. The molecule has 0 atom stereocenters. The fourth-order valence-corrected chi connectivity index (χ4v) is 3.96. The number of unbranched alkanes of at least 4 members (excludes halogenated alkanes) is 20. The van der Waals surface area contributed by atoms with Gasteiger partial charge in [-0.3, -0.25) is 0 Å². The van der Waals surface area contributed by atoms with Gasteiger partial charge < -0.3 is 0 Å². The van der Waals surface area contributed by atoms with E-state index in [1.165, 1.54) is 141 Å². The molecular weight excluding hydrogens is 304 g/mol. The third kappa shape index (κ3) is 22.2. The molecule has 0 N–H and O–H groups in total. The van der Waals surface area contributed by atoms with E-state index in [9.17, 15) is 0 Å². The average molecular weight is 354 g/mol. The molecule has 0 saturated carbocycles. The van der Waals surface area contributed by atoms with E-state index in [2.05, 4.69) is 17.2 Å². The molecule has 0 aromatic carbocycles. The minimum absolute atomic E-state index is 1.37. The van der Waals surface area contributed by atoms with Crippen LogP contribution in [0.5, 0.6) is 0 Å². The molecule has 0 rings (SSSR count). The highest BCUT2D eigenvalue weighted by molar-refractivity contribution is 6.08. The molecule has 0 bridgehead atoms. The van der Waals surface area contributed by atoms with Gasteiger partial charge in [-0.1, -0.05) is 148 Å². The van der Waals surface area contributed by atoms with Crippen LogP contribution in [0.2, 0.25) is 6.04 Å². The molecule has 0 fully saturated rings. The first-order valence-electron chi connectivity index (χ1n) is 11.7. The molecule has 0 amide bonds. The minimum Gasteiger partial charge on any atom is -0.0654 e. The van der Waals surface area contributed by atoms with Crippen molar-refractivity contribution in [3.8, 4) is 0 Å². The summed E-state index contributed by atoms with van der Waals surface area (Å²) in [5, 5.41) is 0. The monoisotopic (exact) mass is 353 g/mol. The molecule has 0 saturated heterocycles. The van der Waals surface area contributed by atoms with Crippen LogP contribution >= 0.6 is 0 Å². The maximum Gasteiger partial charge on any atom is 0.00797 e. The van der Waals surface area contributed by atoms with Gasteiger partial charge in [0, 0.05) is 10.2 Å². The normalized spacial score (nSPS) is 11.2. The van der Waals surface area contributed by atoms with Crippen LogP contribution < -0.4 is 0 Å². The van der Waals surface area contributed by atoms with Crippen molar-refractivity contribution < 1.29 is 0 Å². The van der Waals surface area contributed by atoms with Gasteiger partial charge >= 0.3 is 0 Å². The molecule has 0 heterocycles. The van der Waals surface area contributed by atoms with Crippen LogP contribution in [0.15, 0.2) is 0 Å². The first-order valence-corrected chi connectivity index (χ1v) is 12.7. The quantitative estimate of drug-likeness (QED) is 0.144. The largest absolute Gasteiger partial charge is 0.0654 e. The van der Waals surface area contributed by atoms with Crippen molar-refractivity contribution in [3.63, 3.8) is 0 Å². The lowest BCUT2D eigenvalue weighted by atomic mass is 10.0.